The molecule has 10 heteroatoms. The van der Waals surface area contributed by atoms with Crippen LogP contribution in [0.5, 0.6) is 0 Å². The second-order valence-electron chi connectivity index (χ2n) is 4.89. The molecule has 2 fully saturated rings. The Morgan fingerprint density at radius 2 is 2.05 bits per heavy atom. The van der Waals surface area contributed by atoms with Gasteiger partial charge in [0.05, 0.1) is 12.5 Å². The highest BCUT2D eigenvalue weighted by atomic mass is 32.2. The predicted molar refractivity (Wildman–Crippen MR) is 68.0 cm³/mol. The summed E-state index contributed by atoms with van der Waals surface area (Å²) in [4.78, 5) is 38.3. The summed E-state index contributed by atoms with van der Waals surface area (Å²) in [5.74, 6) is -0.715. The number of hydrogen-bond donors (Lipinski definition) is 0. The summed E-state index contributed by atoms with van der Waals surface area (Å²) < 4.78 is 37.0. The normalized spacial score (nSPS) is 23.1. The largest absolute Gasteiger partial charge is 0.406 e. The molecule has 6 nitrogen and oxygen atoms in total. The fourth-order valence-corrected chi connectivity index (χ4v) is 3.48. The van der Waals surface area contributed by atoms with E-state index in [2.05, 4.69) is 0 Å². The van der Waals surface area contributed by atoms with Gasteiger partial charge in [-0.3, -0.25) is 14.4 Å². The van der Waals surface area contributed by atoms with E-state index in [0.717, 1.165) is 4.90 Å². The van der Waals surface area contributed by atoms with Gasteiger partial charge in [-0.2, -0.15) is 13.2 Å². The van der Waals surface area contributed by atoms with Gasteiger partial charge in [0.15, 0.2) is 0 Å². The first-order valence-corrected chi connectivity index (χ1v) is 7.33. The number of hydrogen-bond acceptors (Lipinski definition) is 4. The molecule has 0 saturated carbocycles. The Hall–Kier alpha value is -1.45. The van der Waals surface area contributed by atoms with E-state index in [1.165, 1.54) is 23.6 Å². The lowest BCUT2D eigenvalue weighted by atomic mass is 10.2. The number of alkyl halides is 3. The maximum absolute atomic E-state index is 12.3. The van der Waals surface area contributed by atoms with Crippen LogP contribution >= 0.6 is 11.8 Å². The standard InChI is InChI=1S/C11H14F3N3O3S/c1-7(18)17-6-21-3-8(17)10(20)15-2-9(19)16(5-15)4-11(12,13)14/h8H,2-6H2,1H3. The van der Waals surface area contributed by atoms with Crippen LogP contribution in [-0.2, 0) is 14.4 Å². The molecule has 21 heavy (non-hydrogen) atoms. The van der Waals surface area contributed by atoms with E-state index in [-0.39, 0.29) is 19.1 Å². The van der Waals surface area contributed by atoms with Crippen LogP contribution in [0.15, 0.2) is 0 Å². The summed E-state index contributed by atoms with van der Waals surface area (Å²) in [6, 6.07) is -0.703. The molecule has 2 rings (SSSR count). The molecule has 0 spiro atoms. The van der Waals surface area contributed by atoms with E-state index in [9.17, 15) is 27.6 Å². The Bertz CT molecular complexity index is 471. The highest BCUT2D eigenvalue weighted by Crippen LogP contribution is 2.25. The molecule has 0 radical (unpaired) electrons. The van der Waals surface area contributed by atoms with Gasteiger partial charge in [0.1, 0.15) is 19.1 Å². The zero-order chi connectivity index (χ0) is 15.8. The number of thioether (sulfide) groups is 1. The topological polar surface area (TPSA) is 60.9 Å². The first-order valence-electron chi connectivity index (χ1n) is 6.17. The molecule has 0 aromatic heterocycles. The maximum Gasteiger partial charge on any atom is 0.406 e. The quantitative estimate of drug-likeness (QED) is 0.722. The molecule has 1 unspecified atom stereocenters. The van der Waals surface area contributed by atoms with Gasteiger partial charge in [0, 0.05) is 12.7 Å². The van der Waals surface area contributed by atoms with Crippen LogP contribution in [0, 0.1) is 0 Å². The number of carbonyl (C=O) groups is 3. The van der Waals surface area contributed by atoms with Crippen molar-refractivity contribution in [3.05, 3.63) is 0 Å². The molecular formula is C11H14F3N3O3S. The maximum atomic E-state index is 12.3. The van der Waals surface area contributed by atoms with Crippen molar-refractivity contribution >= 4 is 29.5 Å². The molecule has 0 bridgehead atoms. The minimum Gasteiger partial charge on any atom is -0.321 e. The number of carbonyl (C=O) groups excluding carboxylic acids is 3. The fourth-order valence-electron chi connectivity index (χ4n) is 2.27. The van der Waals surface area contributed by atoms with Crippen molar-refractivity contribution in [3.63, 3.8) is 0 Å². The summed E-state index contributed by atoms with van der Waals surface area (Å²) in [7, 11) is 0. The average molecular weight is 325 g/mol. The number of amides is 3. The Labute approximate surface area is 123 Å². The Kier molecular flexibility index (Phi) is 4.35. The zero-order valence-electron chi connectivity index (χ0n) is 11.2. The van der Waals surface area contributed by atoms with Crippen LogP contribution in [0.3, 0.4) is 0 Å². The van der Waals surface area contributed by atoms with Gasteiger partial charge in [0.2, 0.25) is 17.7 Å². The molecule has 0 N–H and O–H groups in total. The monoisotopic (exact) mass is 325 g/mol. The smallest absolute Gasteiger partial charge is 0.321 e. The van der Waals surface area contributed by atoms with Crippen molar-refractivity contribution in [1.82, 2.24) is 14.7 Å². The molecule has 0 aromatic carbocycles. The molecule has 2 saturated heterocycles. The van der Waals surface area contributed by atoms with E-state index in [0.29, 0.717) is 16.5 Å². The van der Waals surface area contributed by atoms with Gasteiger partial charge < -0.3 is 14.7 Å². The second kappa shape index (κ2) is 5.74. The predicted octanol–water partition coefficient (Wildman–Crippen LogP) is 0.0984. The lowest BCUT2D eigenvalue weighted by molar-refractivity contribution is -0.158. The van der Waals surface area contributed by atoms with Gasteiger partial charge in [-0.05, 0) is 0 Å². The summed E-state index contributed by atoms with van der Waals surface area (Å²) in [6.07, 6.45) is -4.50. The summed E-state index contributed by atoms with van der Waals surface area (Å²) in [5, 5.41) is 0. The van der Waals surface area contributed by atoms with Crippen LogP contribution in [-0.4, -0.2) is 76.0 Å². The molecule has 1 atom stereocenters. The van der Waals surface area contributed by atoms with Crippen LogP contribution in [0.2, 0.25) is 0 Å². The number of rotatable bonds is 2. The molecular weight excluding hydrogens is 311 g/mol. The Morgan fingerprint density at radius 3 is 2.62 bits per heavy atom. The Balaban J connectivity index is 2.01. The second-order valence-corrected chi connectivity index (χ2v) is 5.89. The first kappa shape index (κ1) is 15.9. The fraction of sp³-hybridized carbons (Fsp3) is 0.727. The molecule has 3 amide bonds. The minimum absolute atomic E-state index is 0.268. The van der Waals surface area contributed by atoms with Crippen molar-refractivity contribution in [3.8, 4) is 0 Å². The van der Waals surface area contributed by atoms with Crippen LogP contribution in [0.25, 0.3) is 0 Å². The third-order valence-electron chi connectivity index (χ3n) is 3.27. The molecule has 2 aliphatic heterocycles. The molecule has 118 valence electrons. The summed E-state index contributed by atoms with van der Waals surface area (Å²) in [6.45, 7) is -0.797. The third-order valence-corrected chi connectivity index (χ3v) is 4.29. The SMILES string of the molecule is CC(=O)N1CSCC1C(=O)N1CC(=O)N(CC(F)(F)F)C1. The lowest BCUT2D eigenvalue weighted by Crippen LogP contribution is -2.48. The molecule has 0 aromatic rings. The van der Waals surface area contributed by atoms with E-state index >= 15 is 0 Å². The van der Waals surface area contributed by atoms with E-state index in [4.69, 9.17) is 0 Å². The summed E-state index contributed by atoms with van der Waals surface area (Å²) >= 11 is 1.40. The van der Waals surface area contributed by atoms with Crippen molar-refractivity contribution in [2.45, 2.75) is 19.1 Å². The van der Waals surface area contributed by atoms with E-state index in [1.807, 2.05) is 0 Å². The van der Waals surface area contributed by atoms with Gasteiger partial charge in [-0.25, -0.2) is 0 Å². The van der Waals surface area contributed by atoms with Gasteiger partial charge in [0.25, 0.3) is 0 Å². The Morgan fingerprint density at radius 1 is 1.38 bits per heavy atom. The molecule has 2 aliphatic rings. The number of halogens is 3. The van der Waals surface area contributed by atoms with Crippen LogP contribution in [0.4, 0.5) is 13.2 Å². The lowest BCUT2D eigenvalue weighted by Gasteiger charge is -2.26. The van der Waals surface area contributed by atoms with Crippen LogP contribution < -0.4 is 0 Å². The molecule has 2 heterocycles. The van der Waals surface area contributed by atoms with Crippen molar-refractivity contribution in [2.75, 3.05) is 31.4 Å². The third kappa shape index (κ3) is 3.60. The zero-order valence-corrected chi connectivity index (χ0v) is 12.0. The average Bonchev–Trinajstić information content (AvgIpc) is 2.94. The van der Waals surface area contributed by atoms with Gasteiger partial charge in [-0.15, -0.1) is 11.8 Å². The van der Waals surface area contributed by atoms with Crippen molar-refractivity contribution < 1.29 is 27.6 Å². The first-order chi connectivity index (χ1) is 9.69. The van der Waals surface area contributed by atoms with E-state index in [1.54, 1.807) is 0 Å². The van der Waals surface area contributed by atoms with E-state index < -0.39 is 30.6 Å². The highest BCUT2D eigenvalue weighted by Gasteiger charge is 2.42. The van der Waals surface area contributed by atoms with Crippen LogP contribution in [0.1, 0.15) is 6.92 Å². The number of nitrogens with zero attached hydrogens (tertiary/aromatic N) is 3. The van der Waals surface area contributed by atoms with Crippen molar-refractivity contribution in [2.24, 2.45) is 0 Å². The van der Waals surface area contributed by atoms with Crippen molar-refractivity contribution in [1.29, 1.82) is 0 Å². The van der Waals surface area contributed by atoms with Gasteiger partial charge >= 0.3 is 6.18 Å². The highest BCUT2D eigenvalue weighted by molar-refractivity contribution is 7.99. The van der Waals surface area contributed by atoms with Gasteiger partial charge in [-0.1, -0.05) is 0 Å². The minimum atomic E-state index is -4.50. The summed E-state index contributed by atoms with van der Waals surface area (Å²) in [5.41, 5.74) is 0. The molecule has 0 aliphatic carbocycles.